The number of benzene rings is 1. The molecule has 1 aromatic rings. The molecule has 2 N–H and O–H groups in total. The highest BCUT2D eigenvalue weighted by Gasteiger charge is 2.04. The van der Waals surface area contributed by atoms with Crippen molar-refractivity contribution in [1.29, 1.82) is 5.26 Å². The Morgan fingerprint density at radius 2 is 2.00 bits per heavy atom. The van der Waals surface area contributed by atoms with Crippen LogP contribution >= 0.6 is 0 Å². The Balaban J connectivity index is 3.40. The minimum absolute atomic E-state index is 0.0287. The van der Waals surface area contributed by atoms with Crippen LogP contribution in [0.5, 0.6) is 11.5 Å². The fourth-order valence-electron chi connectivity index (χ4n) is 0.895. The van der Waals surface area contributed by atoms with Gasteiger partial charge in [-0.1, -0.05) is 0 Å². The largest absolute Gasteiger partial charge is 0.508 e. The number of nitrogens with zero attached hydrogens (tertiary/aromatic N) is 1. The van der Waals surface area contributed by atoms with Gasteiger partial charge in [-0.2, -0.15) is 5.26 Å². The van der Waals surface area contributed by atoms with E-state index in [9.17, 15) is 0 Å². The first-order valence-electron chi connectivity index (χ1n) is 3.08. The maximum Gasteiger partial charge on any atom is 0.137 e. The molecule has 0 unspecified atom stereocenters. The number of aryl methyl sites for hydroxylation is 1. The van der Waals surface area contributed by atoms with Crippen molar-refractivity contribution in [3.63, 3.8) is 0 Å². The van der Waals surface area contributed by atoms with E-state index in [1.807, 2.05) is 6.07 Å². The summed E-state index contributed by atoms with van der Waals surface area (Å²) in [4.78, 5) is 0. The standard InChI is InChI=1S/C8H7NO2/c1-5-2-6(10)3-8(11)7(5)4-9/h2-3,10-11H,1H3. The van der Waals surface area contributed by atoms with Crippen molar-refractivity contribution in [2.24, 2.45) is 0 Å². The van der Waals surface area contributed by atoms with Gasteiger partial charge in [0.1, 0.15) is 17.6 Å². The summed E-state index contributed by atoms with van der Waals surface area (Å²) in [5.74, 6) is -0.205. The summed E-state index contributed by atoms with van der Waals surface area (Å²) < 4.78 is 0. The molecule has 0 spiro atoms. The normalized spacial score (nSPS) is 9.09. The molecule has 0 atom stereocenters. The topological polar surface area (TPSA) is 64.2 Å². The SMILES string of the molecule is Cc1cc(O)cc(O)c1C#N. The molecule has 0 aliphatic rings. The zero-order valence-corrected chi connectivity index (χ0v) is 6.00. The van der Waals surface area contributed by atoms with Gasteiger partial charge in [0.05, 0.1) is 5.56 Å². The predicted octanol–water partition coefficient (Wildman–Crippen LogP) is 1.28. The van der Waals surface area contributed by atoms with Gasteiger partial charge in [0.15, 0.2) is 0 Å². The molecule has 3 nitrogen and oxygen atoms in total. The number of phenols is 2. The zero-order valence-electron chi connectivity index (χ0n) is 6.00. The lowest BCUT2D eigenvalue weighted by Crippen LogP contribution is -1.82. The van der Waals surface area contributed by atoms with Crippen molar-refractivity contribution >= 4 is 0 Å². The summed E-state index contributed by atoms with van der Waals surface area (Å²) in [5, 5.41) is 26.5. The van der Waals surface area contributed by atoms with Gasteiger partial charge in [-0.05, 0) is 18.6 Å². The lowest BCUT2D eigenvalue weighted by atomic mass is 10.1. The number of hydrogen-bond donors (Lipinski definition) is 2. The third-order valence-corrected chi connectivity index (χ3v) is 1.41. The minimum atomic E-state index is -0.176. The Hall–Kier alpha value is -1.69. The van der Waals surface area contributed by atoms with Gasteiger partial charge in [-0.3, -0.25) is 0 Å². The second-order valence-corrected chi connectivity index (χ2v) is 2.27. The number of hydrogen-bond acceptors (Lipinski definition) is 3. The predicted molar refractivity (Wildman–Crippen MR) is 39.2 cm³/mol. The van der Waals surface area contributed by atoms with Crippen LogP contribution in [-0.4, -0.2) is 10.2 Å². The van der Waals surface area contributed by atoms with Gasteiger partial charge >= 0.3 is 0 Å². The monoisotopic (exact) mass is 149 g/mol. The third kappa shape index (κ3) is 1.24. The van der Waals surface area contributed by atoms with Gasteiger partial charge in [-0.25, -0.2) is 0 Å². The fourth-order valence-corrected chi connectivity index (χ4v) is 0.895. The van der Waals surface area contributed by atoms with E-state index < -0.39 is 0 Å². The van der Waals surface area contributed by atoms with E-state index in [1.165, 1.54) is 6.07 Å². The van der Waals surface area contributed by atoms with E-state index in [4.69, 9.17) is 15.5 Å². The molecule has 0 saturated carbocycles. The molecule has 0 saturated heterocycles. The van der Waals surface area contributed by atoms with Crippen LogP contribution in [-0.2, 0) is 0 Å². The molecule has 0 heterocycles. The van der Waals surface area contributed by atoms with Crippen molar-refractivity contribution < 1.29 is 10.2 Å². The quantitative estimate of drug-likeness (QED) is 0.584. The highest BCUT2D eigenvalue weighted by molar-refractivity contribution is 5.51. The Bertz CT molecular complexity index is 302. The van der Waals surface area contributed by atoms with E-state index in [0.717, 1.165) is 6.07 Å². The second-order valence-electron chi connectivity index (χ2n) is 2.27. The van der Waals surface area contributed by atoms with Gasteiger partial charge in [-0.15, -0.1) is 0 Å². The molecule has 0 radical (unpaired) electrons. The summed E-state index contributed by atoms with van der Waals surface area (Å²) in [6.07, 6.45) is 0. The van der Waals surface area contributed by atoms with Gasteiger partial charge in [0.2, 0.25) is 0 Å². The first kappa shape index (κ1) is 7.42. The second kappa shape index (κ2) is 2.51. The molecule has 0 aliphatic heterocycles. The molecule has 0 amide bonds. The number of rotatable bonds is 0. The first-order chi connectivity index (χ1) is 5.15. The first-order valence-corrected chi connectivity index (χ1v) is 3.08. The van der Waals surface area contributed by atoms with Crippen molar-refractivity contribution in [1.82, 2.24) is 0 Å². The molecule has 1 rings (SSSR count). The molecule has 1 aromatic carbocycles. The summed E-state index contributed by atoms with van der Waals surface area (Å²) in [5.41, 5.74) is 0.785. The van der Waals surface area contributed by atoms with Gasteiger partial charge in [0.25, 0.3) is 0 Å². The van der Waals surface area contributed by atoms with Crippen molar-refractivity contribution in [2.45, 2.75) is 6.92 Å². The van der Waals surface area contributed by atoms with Crippen LogP contribution in [0.2, 0.25) is 0 Å². The molecule has 0 aromatic heterocycles. The van der Waals surface area contributed by atoms with Crippen molar-refractivity contribution in [2.75, 3.05) is 0 Å². The van der Waals surface area contributed by atoms with Crippen LogP contribution in [0.15, 0.2) is 12.1 Å². The van der Waals surface area contributed by atoms with E-state index in [0.29, 0.717) is 5.56 Å². The van der Waals surface area contributed by atoms with E-state index >= 15 is 0 Å². The van der Waals surface area contributed by atoms with E-state index in [1.54, 1.807) is 6.92 Å². The number of nitriles is 1. The van der Waals surface area contributed by atoms with Crippen molar-refractivity contribution in [3.8, 4) is 17.6 Å². The van der Waals surface area contributed by atoms with Crippen LogP contribution in [0.25, 0.3) is 0 Å². The van der Waals surface area contributed by atoms with E-state index in [2.05, 4.69) is 0 Å². The van der Waals surface area contributed by atoms with Crippen LogP contribution in [0.1, 0.15) is 11.1 Å². The summed E-state index contributed by atoms with van der Waals surface area (Å²) in [6, 6.07) is 4.40. The van der Waals surface area contributed by atoms with Crippen LogP contribution < -0.4 is 0 Å². The summed E-state index contributed by atoms with van der Waals surface area (Å²) in [6.45, 7) is 1.65. The van der Waals surface area contributed by atoms with Gasteiger partial charge in [0, 0.05) is 6.07 Å². The molecular formula is C8H7NO2. The lowest BCUT2D eigenvalue weighted by Gasteiger charge is -2.00. The molecule has 0 fully saturated rings. The van der Waals surface area contributed by atoms with Gasteiger partial charge < -0.3 is 10.2 Å². The third-order valence-electron chi connectivity index (χ3n) is 1.41. The number of phenolic OH excluding ortho intramolecular Hbond substituents is 2. The average molecular weight is 149 g/mol. The molecule has 0 bridgehead atoms. The number of aromatic hydroxyl groups is 2. The van der Waals surface area contributed by atoms with Crippen LogP contribution in [0.3, 0.4) is 0 Å². The fraction of sp³-hybridized carbons (Fsp3) is 0.125. The Kier molecular flexibility index (Phi) is 1.69. The van der Waals surface area contributed by atoms with Crippen LogP contribution in [0, 0.1) is 18.3 Å². The molecule has 0 aliphatic carbocycles. The maximum atomic E-state index is 9.09. The minimum Gasteiger partial charge on any atom is -0.508 e. The summed E-state index contributed by atoms with van der Waals surface area (Å²) >= 11 is 0. The molecule has 11 heavy (non-hydrogen) atoms. The molecular weight excluding hydrogens is 142 g/mol. The van der Waals surface area contributed by atoms with E-state index in [-0.39, 0.29) is 17.1 Å². The Morgan fingerprint density at radius 3 is 2.45 bits per heavy atom. The maximum absolute atomic E-state index is 9.09. The smallest absolute Gasteiger partial charge is 0.137 e. The lowest BCUT2D eigenvalue weighted by molar-refractivity contribution is 0.448. The Morgan fingerprint density at radius 1 is 1.36 bits per heavy atom. The van der Waals surface area contributed by atoms with Crippen LogP contribution in [0.4, 0.5) is 0 Å². The Labute approximate surface area is 64.1 Å². The highest BCUT2D eigenvalue weighted by atomic mass is 16.3. The average Bonchev–Trinajstić information content (AvgIpc) is 1.85. The highest BCUT2D eigenvalue weighted by Crippen LogP contribution is 2.25. The molecule has 3 heteroatoms. The zero-order chi connectivity index (χ0) is 8.43. The van der Waals surface area contributed by atoms with Crippen molar-refractivity contribution in [3.05, 3.63) is 23.3 Å². The molecule has 56 valence electrons. The summed E-state index contributed by atoms with van der Waals surface area (Å²) in [7, 11) is 0.